The van der Waals surface area contributed by atoms with Crippen LogP contribution < -0.4 is 0 Å². The van der Waals surface area contributed by atoms with Crippen molar-refractivity contribution in [1.82, 2.24) is 19.7 Å². The highest BCUT2D eigenvalue weighted by Crippen LogP contribution is 2.14. The smallest absolute Gasteiger partial charge is 0.354 e. The van der Waals surface area contributed by atoms with Crippen molar-refractivity contribution in [2.45, 2.75) is 6.54 Å². The average molecular weight is 244 g/mol. The molecule has 3 rings (SSSR count). The van der Waals surface area contributed by atoms with Gasteiger partial charge in [0.25, 0.3) is 0 Å². The van der Waals surface area contributed by atoms with E-state index < -0.39 is 5.97 Å². The molecule has 0 spiro atoms. The van der Waals surface area contributed by atoms with Crippen molar-refractivity contribution in [2.75, 3.05) is 0 Å². The quantitative estimate of drug-likeness (QED) is 0.743. The van der Waals surface area contributed by atoms with Crippen LogP contribution in [0.25, 0.3) is 11.2 Å². The first-order valence-electron chi connectivity index (χ1n) is 5.19. The first-order chi connectivity index (χ1) is 8.72. The maximum Gasteiger partial charge on any atom is 0.354 e. The molecule has 0 radical (unpaired) electrons. The lowest BCUT2D eigenvalue weighted by atomic mass is 10.3. The first-order valence-corrected chi connectivity index (χ1v) is 5.19. The molecule has 0 aliphatic heterocycles. The number of hydrogen-bond donors (Lipinski definition) is 1. The molecule has 0 atom stereocenters. The number of rotatable bonds is 3. The van der Waals surface area contributed by atoms with Crippen LogP contribution in [0.1, 0.15) is 16.4 Å². The van der Waals surface area contributed by atoms with E-state index >= 15 is 0 Å². The minimum atomic E-state index is -1.09. The first kappa shape index (κ1) is 10.5. The third-order valence-corrected chi connectivity index (χ3v) is 2.37. The number of oxazole rings is 1. The lowest BCUT2D eigenvalue weighted by Crippen LogP contribution is -2.00. The Morgan fingerprint density at radius 1 is 1.39 bits per heavy atom. The van der Waals surface area contributed by atoms with Gasteiger partial charge in [0.15, 0.2) is 16.9 Å². The Hall–Kier alpha value is -2.70. The molecule has 1 N–H and O–H groups in total. The van der Waals surface area contributed by atoms with E-state index in [9.17, 15) is 4.79 Å². The molecule has 90 valence electrons. The second-order valence-electron chi connectivity index (χ2n) is 3.63. The number of aromatic nitrogens is 4. The molecule has 0 amide bonds. The summed E-state index contributed by atoms with van der Waals surface area (Å²) in [5.41, 5.74) is 0.695. The van der Waals surface area contributed by atoms with Crippen molar-refractivity contribution in [2.24, 2.45) is 0 Å². The predicted octanol–water partition coefficient (Wildman–Crippen LogP) is 1.17. The van der Waals surface area contributed by atoms with E-state index in [1.807, 2.05) is 0 Å². The van der Waals surface area contributed by atoms with Gasteiger partial charge in [0.1, 0.15) is 6.54 Å². The fourth-order valence-electron chi connectivity index (χ4n) is 1.58. The van der Waals surface area contributed by atoms with Gasteiger partial charge in [-0.1, -0.05) is 0 Å². The van der Waals surface area contributed by atoms with Gasteiger partial charge < -0.3 is 9.52 Å². The van der Waals surface area contributed by atoms with Crippen molar-refractivity contribution in [3.05, 3.63) is 42.2 Å². The zero-order valence-electron chi connectivity index (χ0n) is 9.15. The molecule has 0 aliphatic carbocycles. The Kier molecular flexibility index (Phi) is 2.30. The highest BCUT2D eigenvalue weighted by Gasteiger charge is 2.11. The van der Waals surface area contributed by atoms with E-state index in [2.05, 4.69) is 15.1 Å². The normalized spacial score (nSPS) is 10.9. The molecular weight excluding hydrogens is 236 g/mol. The summed E-state index contributed by atoms with van der Waals surface area (Å²) >= 11 is 0. The summed E-state index contributed by atoms with van der Waals surface area (Å²) in [6.07, 6.45) is 3.44. The Balaban J connectivity index is 1.98. The summed E-state index contributed by atoms with van der Waals surface area (Å²) in [5.74, 6) is -0.655. The summed E-state index contributed by atoms with van der Waals surface area (Å²) in [5, 5.41) is 12.9. The third kappa shape index (κ3) is 1.81. The average Bonchev–Trinajstić information content (AvgIpc) is 2.96. The van der Waals surface area contributed by atoms with Gasteiger partial charge >= 0.3 is 5.97 Å². The minimum absolute atomic E-state index is 0.0542. The van der Waals surface area contributed by atoms with Gasteiger partial charge in [0, 0.05) is 12.4 Å². The van der Waals surface area contributed by atoms with Crippen LogP contribution in [0.3, 0.4) is 0 Å². The number of nitrogens with zero attached hydrogens (tertiary/aromatic N) is 4. The predicted molar refractivity (Wildman–Crippen MR) is 60.1 cm³/mol. The highest BCUT2D eigenvalue weighted by molar-refractivity contribution is 5.87. The van der Waals surface area contributed by atoms with Crippen molar-refractivity contribution in [3.8, 4) is 0 Å². The van der Waals surface area contributed by atoms with Gasteiger partial charge in [-0.15, -0.1) is 0 Å². The number of carboxylic acids is 1. The summed E-state index contributed by atoms with van der Waals surface area (Å²) in [6, 6.07) is 4.72. The molecule has 3 aromatic heterocycles. The molecular formula is C11H8N4O3. The molecule has 0 bridgehead atoms. The fourth-order valence-corrected chi connectivity index (χ4v) is 1.58. The Morgan fingerprint density at radius 3 is 3.00 bits per heavy atom. The van der Waals surface area contributed by atoms with Crippen molar-refractivity contribution >= 4 is 17.2 Å². The maximum absolute atomic E-state index is 10.8. The van der Waals surface area contributed by atoms with Gasteiger partial charge in [-0.2, -0.15) is 10.1 Å². The molecule has 3 heterocycles. The molecule has 0 saturated heterocycles. The molecule has 7 nitrogen and oxygen atoms in total. The van der Waals surface area contributed by atoms with E-state index in [0.717, 1.165) is 0 Å². The second kappa shape index (κ2) is 3.95. The molecule has 3 aromatic rings. The van der Waals surface area contributed by atoms with Crippen LogP contribution in [0.2, 0.25) is 0 Å². The van der Waals surface area contributed by atoms with Gasteiger partial charge in [-0.25, -0.2) is 9.78 Å². The molecule has 7 heteroatoms. The molecule has 18 heavy (non-hydrogen) atoms. The maximum atomic E-state index is 10.8. The minimum Gasteiger partial charge on any atom is -0.477 e. The molecule has 0 aliphatic rings. The zero-order valence-corrected chi connectivity index (χ0v) is 9.15. The number of fused-ring (bicyclic) bond motifs is 1. The number of carboxylic acid groups (broad SMARTS) is 1. The lowest BCUT2D eigenvalue weighted by molar-refractivity contribution is 0.0691. The number of aromatic carboxylic acids is 1. The monoisotopic (exact) mass is 244 g/mol. The van der Waals surface area contributed by atoms with Crippen molar-refractivity contribution < 1.29 is 14.3 Å². The second-order valence-corrected chi connectivity index (χ2v) is 3.63. The molecule has 0 unspecified atom stereocenters. The van der Waals surface area contributed by atoms with E-state index in [-0.39, 0.29) is 11.3 Å². The van der Waals surface area contributed by atoms with Gasteiger partial charge in [-0.3, -0.25) is 4.68 Å². The van der Waals surface area contributed by atoms with Gasteiger partial charge in [0.05, 0.1) is 0 Å². The standard InChI is InChI=1S/C11H8N4O3/c16-11(17)7-2-3-8-10(13-7)14-9(18-8)6-15-5-1-4-12-15/h1-5H,6H2,(H,16,17). The van der Waals surface area contributed by atoms with E-state index in [0.29, 0.717) is 18.0 Å². The summed E-state index contributed by atoms with van der Waals surface area (Å²) in [7, 11) is 0. The van der Waals surface area contributed by atoms with Gasteiger partial charge in [-0.05, 0) is 18.2 Å². The number of carbonyl (C=O) groups is 1. The topological polar surface area (TPSA) is 94.0 Å². The fraction of sp³-hybridized carbons (Fsp3) is 0.0909. The van der Waals surface area contributed by atoms with Crippen LogP contribution in [-0.4, -0.2) is 30.8 Å². The SMILES string of the molecule is O=C(O)c1ccc2oc(Cn3cccn3)nc2n1. The van der Waals surface area contributed by atoms with E-state index in [1.165, 1.54) is 6.07 Å². The molecule has 0 fully saturated rings. The lowest BCUT2D eigenvalue weighted by Gasteiger charge is -1.93. The van der Waals surface area contributed by atoms with Crippen LogP contribution in [-0.2, 0) is 6.54 Å². The summed E-state index contributed by atoms with van der Waals surface area (Å²) in [4.78, 5) is 18.8. The zero-order chi connectivity index (χ0) is 12.5. The summed E-state index contributed by atoms with van der Waals surface area (Å²) in [6.45, 7) is 0.381. The molecule has 0 saturated carbocycles. The molecule has 0 aromatic carbocycles. The Morgan fingerprint density at radius 2 is 2.28 bits per heavy atom. The number of hydrogen-bond acceptors (Lipinski definition) is 5. The van der Waals surface area contributed by atoms with Crippen LogP contribution in [0.15, 0.2) is 35.0 Å². The highest BCUT2D eigenvalue weighted by atomic mass is 16.4. The number of pyridine rings is 1. The van der Waals surface area contributed by atoms with Crippen molar-refractivity contribution in [3.63, 3.8) is 0 Å². The van der Waals surface area contributed by atoms with Crippen LogP contribution >= 0.6 is 0 Å². The van der Waals surface area contributed by atoms with Crippen molar-refractivity contribution in [1.29, 1.82) is 0 Å². The third-order valence-electron chi connectivity index (χ3n) is 2.37. The van der Waals surface area contributed by atoms with Crippen LogP contribution in [0.4, 0.5) is 0 Å². The van der Waals surface area contributed by atoms with Crippen LogP contribution in [0, 0.1) is 0 Å². The largest absolute Gasteiger partial charge is 0.477 e. The summed E-state index contributed by atoms with van der Waals surface area (Å²) < 4.78 is 7.10. The van der Waals surface area contributed by atoms with E-state index in [4.69, 9.17) is 9.52 Å². The Labute approximate surface area is 101 Å². The van der Waals surface area contributed by atoms with Crippen LogP contribution in [0.5, 0.6) is 0 Å². The van der Waals surface area contributed by atoms with E-state index in [1.54, 1.807) is 29.2 Å². The Bertz CT molecular complexity index is 702. The van der Waals surface area contributed by atoms with Gasteiger partial charge in [0.2, 0.25) is 5.89 Å².